The molecule has 0 spiro atoms. The summed E-state index contributed by atoms with van der Waals surface area (Å²) >= 11 is 0. The fraction of sp³-hybridized carbons (Fsp3) is 0.607. The number of hydrogen-bond donors (Lipinski definition) is 1. The topological polar surface area (TPSA) is 85.7 Å². The zero-order valence-electron chi connectivity index (χ0n) is 23.4. The Morgan fingerprint density at radius 1 is 1.08 bits per heavy atom. The van der Waals surface area contributed by atoms with Crippen molar-refractivity contribution in [3.63, 3.8) is 0 Å². The normalized spacial score (nSPS) is 13.0. The van der Waals surface area contributed by atoms with Crippen LogP contribution >= 0.6 is 0 Å². The summed E-state index contributed by atoms with van der Waals surface area (Å²) in [5.41, 5.74) is 1.79. The Kier molecular flexibility index (Phi) is 10.8. The molecular formula is C28H44N4O4. The van der Waals surface area contributed by atoms with Gasteiger partial charge in [0.15, 0.2) is 5.69 Å². The van der Waals surface area contributed by atoms with Crippen LogP contribution in [0.15, 0.2) is 24.3 Å². The molecule has 2 amide bonds. The van der Waals surface area contributed by atoms with E-state index in [4.69, 9.17) is 14.6 Å². The summed E-state index contributed by atoms with van der Waals surface area (Å²) in [7, 11) is 5.03. The van der Waals surface area contributed by atoms with Crippen LogP contribution in [-0.4, -0.2) is 60.3 Å². The Balaban J connectivity index is 2.46. The summed E-state index contributed by atoms with van der Waals surface area (Å²) in [6.07, 6.45) is 1.86. The first-order chi connectivity index (χ1) is 17.0. The van der Waals surface area contributed by atoms with Gasteiger partial charge in [-0.3, -0.25) is 14.3 Å². The summed E-state index contributed by atoms with van der Waals surface area (Å²) in [5.74, 6) is 1.62. The molecule has 1 aromatic carbocycles. The number of aromatic nitrogens is 2. The SMILES string of the molecule is CCCN(C)C(=O)C[C@H](CC(C)C)NC(=O)c1cc(-c2c(OC)cccc2OC)n(C(C)C(C)C)n1. The number of benzene rings is 1. The lowest BCUT2D eigenvalue weighted by atomic mass is 10.00. The Morgan fingerprint density at radius 3 is 2.19 bits per heavy atom. The molecule has 1 aromatic heterocycles. The van der Waals surface area contributed by atoms with Crippen LogP contribution < -0.4 is 14.8 Å². The highest BCUT2D eigenvalue weighted by molar-refractivity contribution is 5.94. The molecule has 0 radical (unpaired) electrons. The van der Waals surface area contributed by atoms with Crippen molar-refractivity contribution in [2.45, 2.75) is 72.9 Å². The van der Waals surface area contributed by atoms with E-state index >= 15 is 0 Å². The molecule has 8 nitrogen and oxygen atoms in total. The van der Waals surface area contributed by atoms with Crippen LogP contribution in [0.2, 0.25) is 0 Å². The lowest BCUT2D eigenvalue weighted by Crippen LogP contribution is -2.40. The van der Waals surface area contributed by atoms with Crippen LogP contribution in [0.3, 0.4) is 0 Å². The minimum atomic E-state index is -0.295. The third kappa shape index (κ3) is 7.24. The van der Waals surface area contributed by atoms with E-state index in [1.54, 1.807) is 25.2 Å². The summed E-state index contributed by atoms with van der Waals surface area (Å²) in [5, 5.41) is 7.82. The second-order valence-electron chi connectivity index (χ2n) is 10.2. The number of hydrogen-bond acceptors (Lipinski definition) is 5. The van der Waals surface area contributed by atoms with E-state index in [9.17, 15) is 9.59 Å². The molecule has 0 aliphatic rings. The Morgan fingerprint density at radius 2 is 1.69 bits per heavy atom. The lowest BCUT2D eigenvalue weighted by molar-refractivity contribution is -0.130. The molecule has 36 heavy (non-hydrogen) atoms. The Labute approximate surface area is 216 Å². The first-order valence-corrected chi connectivity index (χ1v) is 12.9. The van der Waals surface area contributed by atoms with Gasteiger partial charge >= 0.3 is 0 Å². The van der Waals surface area contributed by atoms with Gasteiger partial charge in [-0.1, -0.05) is 40.7 Å². The molecule has 2 atom stereocenters. The molecular weight excluding hydrogens is 456 g/mol. The van der Waals surface area contributed by atoms with Gasteiger partial charge < -0.3 is 19.7 Å². The van der Waals surface area contributed by atoms with Gasteiger partial charge in [0, 0.05) is 26.1 Å². The minimum Gasteiger partial charge on any atom is -0.496 e. The van der Waals surface area contributed by atoms with Crippen LogP contribution in [-0.2, 0) is 4.79 Å². The highest BCUT2D eigenvalue weighted by Crippen LogP contribution is 2.40. The Bertz CT molecular complexity index is 993. The molecule has 0 saturated carbocycles. The average molecular weight is 501 g/mol. The number of amides is 2. The van der Waals surface area contributed by atoms with Crippen molar-refractivity contribution in [2.24, 2.45) is 11.8 Å². The molecule has 0 fully saturated rings. The van der Waals surface area contributed by atoms with Crippen molar-refractivity contribution in [2.75, 3.05) is 27.8 Å². The van der Waals surface area contributed by atoms with Crippen molar-refractivity contribution < 1.29 is 19.1 Å². The molecule has 1 heterocycles. The minimum absolute atomic E-state index is 0.0203. The van der Waals surface area contributed by atoms with E-state index in [1.165, 1.54) is 0 Å². The van der Waals surface area contributed by atoms with Gasteiger partial charge in [0.05, 0.1) is 31.5 Å². The number of nitrogens with one attached hydrogen (secondary N) is 1. The van der Waals surface area contributed by atoms with Crippen molar-refractivity contribution in [1.29, 1.82) is 0 Å². The molecule has 8 heteroatoms. The monoisotopic (exact) mass is 500 g/mol. The molecule has 200 valence electrons. The van der Waals surface area contributed by atoms with Crippen LogP contribution in [0, 0.1) is 11.8 Å². The molecule has 2 aromatic rings. The number of methoxy groups -OCH3 is 2. The zero-order valence-corrected chi connectivity index (χ0v) is 23.4. The second-order valence-corrected chi connectivity index (χ2v) is 10.2. The highest BCUT2D eigenvalue weighted by atomic mass is 16.5. The van der Waals surface area contributed by atoms with E-state index in [0.29, 0.717) is 36.1 Å². The van der Waals surface area contributed by atoms with Crippen molar-refractivity contribution in [3.8, 4) is 22.8 Å². The fourth-order valence-electron chi connectivity index (χ4n) is 4.24. The maximum atomic E-state index is 13.4. The maximum Gasteiger partial charge on any atom is 0.272 e. The number of ether oxygens (including phenoxy) is 2. The summed E-state index contributed by atoms with van der Waals surface area (Å²) in [4.78, 5) is 27.9. The first-order valence-electron chi connectivity index (χ1n) is 12.9. The largest absolute Gasteiger partial charge is 0.496 e. The third-order valence-corrected chi connectivity index (χ3v) is 6.50. The van der Waals surface area contributed by atoms with Gasteiger partial charge in [-0.05, 0) is 49.8 Å². The predicted molar refractivity (Wildman–Crippen MR) is 144 cm³/mol. The van der Waals surface area contributed by atoms with Crippen LogP contribution in [0.5, 0.6) is 11.5 Å². The van der Waals surface area contributed by atoms with Crippen molar-refractivity contribution in [1.82, 2.24) is 20.0 Å². The van der Waals surface area contributed by atoms with Crippen LogP contribution in [0.25, 0.3) is 11.3 Å². The van der Waals surface area contributed by atoms with Crippen LogP contribution in [0.1, 0.15) is 77.3 Å². The van der Waals surface area contributed by atoms with Crippen molar-refractivity contribution >= 4 is 11.8 Å². The molecule has 0 saturated heterocycles. The van der Waals surface area contributed by atoms with Gasteiger partial charge in [0.1, 0.15) is 11.5 Å². The van der Waals surface area contributed by atoms with Crippen molar-refractivity contribution in [3.05, 3.63) is 30.0 Å². The third-order valence-electron chi connectivity index (χ3n) is 6.50. The van der Waals surface area contributed by atoms with E-state index < -0.39 is 0 Å². The predicted octanol–water partition coefficient (Wildman–Crippen LogP) is 5.19. The summed E-state index contributed by atoms with van der Waals surface area (Å²) < 4.78 is 13.1. The zero-order chi connectivity index (χ0) is 27.0. The van der Waals surface area contributed by atoms with Gasteiger partial charge in [-0.25, -0.2) is 0 Å². The number of nitrogens with zero attached hydrogens (tertiary/aromatic N) is 3. The first kappa shape index (κ1) is 29.2. The Hall–Kier alpha value is -3.03. The number of rotatable bonds is 13. The smallest absolute Gasteiger partial charge is 0.272 e. The average Bonchev–Trinajstić information content (AvgIpc) is 3.27. The second kappa shape index (κ2) is 13.3. The van der Waals surface area contributed by atoms with Gasteiger partial charge in [0.2, 0.25) is 5.91 Å². The molecule has 2 rings (SSSR count). The summed E-state index contributed by atoms with van der Waals surface area (Å²) in [6.45, 7) is 13.2. The molecule has 0 aliphatic carbocycles. The van der Waals surface area contributed by atoms with E-state index in [-0.39, 0.29) is 36.2 Å². The van der Waals surface area contributed by atoms with E-state index in [2.05, 4.69) is 39.9 Å². The number of carbonyl (C=O) groups is 2. The molecule has 1 unspecified atom stereocenters. The van der Waals surface area contributed by atoms with Crippen LogP contribution in [0.4, 0.5) is 0 Å². The standard InChI is InChI=1S/C28H44N4O4/c1-10-14-31(7)26(33)16-21(15-18(2)3)29-28(34)22-17-23(32(30-22)20(6)19(4)5)27-24(35-8)12-11-13-25(27)36-9/h11-13,17-21H,10,14-16H2,1-9H3,(H,29,34)/t20?,21-/m0/s1. The van der Waals surface area contributed by atoms with Gasteiger partial charge in [-0.2, -0.15) is 5.10 Å². The van der Waals surface area contributed by atoms with E-state index in [1.807, 2.05) is 36.9 Å². The highest BCUT2D eigenvalue weighted by Gasteiger charge is 2.27. The summed E-state index contributed by atoms with van der Waals surface area (Å²) in [6, 6.07) is 7.13. The number of carbonyl (C=O) groups excluding carboxylic acids is 2. The quantitative estimate of drug-likeness (QED) is 0.409. The van der Waals surface area contributed by atoms with Gasteiger partial charge in [0.25, 0.3) is 5.91 Å². The lowest BCUT2D eigenvalue weighted by Gasteiger charge is -2.23. The molecule has 0 aliphatic heterocycles. The maximum absolute atomic E-state index is 13.4. The molecule has 1 N–H and O–H groups in total. The van der Waals surface area contributed by atoms with Gasteiger partial charge in [-0.15, -0.1) is 0 Å². The van der Waals surface area contributed by atoms with E-state index in [0.717, 1.165) is 17.7 Å². The molecule has 0 bridgehead atoms. The fourth-order valence-corrected chi connectivity index (χ4v) is 4.24.